The van der Waals surface area contributed by atoms with Crippen LogP contribution in [0.1, 0.15) is 92.4 Å². The Hall–Kier alpha value is -0.380. The Labute approximate surface area is 172 Å². The summed E-state index contributed by atoms with van der Waals surface area (Å²) in [6, 6.07) is 0. The third kappa shape index (κ3) is 5.21. The third-order valence-corrected chi connectivity index (χ3v) is 8.16. The molecule has 28 heavy (non-hydrogen) atoms. The van der Waals surface area contributed by atoms with E-state index < -0.39 is 11.2 Å². The summed E-state index contributed by atoms with van der Waals surface area (Å²) in [5.74, 6) is 2.91. The van der Waals surface area contributed by atoms with E-state index >= 15 is 0 Å². The summed E-state index contributed by atoms with van der Waals surface area (Å²) >= 11 is 0. The van der Waals surface area contributed by atoms with E-state index in [4.69, 9.17) is 4.74 Å². The van der Waals surface area contributed by atoms with Crippen molar-refractivity contribution in [2.45, 2.75) is 104 Å². The molecule has 0 aromatic carbocycles. The van der Waals surface area contributed by atoms with Crippen molar-refractivity contribution in [3.8, 4) is 0 Å². The predicted molar refractivity (Wildman–Crippen MR) is 115 cm³/mol. The number of rotatable bonds is 4. The third-order valence-electron chi connectivity index (χ3n) is 8.16. The zero-order valence-electron chi connectivity index (χ0n) is 19.0. The zero-order valence-corrected chi connectivity index (χ0v) is 19.0. The van der Waals surface area contributed by atoms with Crippen LogP contribution in [0, 0.1) is 29.1 Å². The van der Waals surface area contributed by atoms with Crippen LogP contribution in [0.4, 0.5) is 0 Å². The monoisotopic (exact) mass is 392 g/mol. The Bertz CT molecular complexity index is 559. The highest BCUT2D eigenvalue weighted by Gasteiger charge is 2.49. The Kier molecular flexibility index (Phi) is 6.69. The molecule has 0 spiro atoms. The smallest absolute Gasteiger partial charge is 0.0824 e. The summed E-state index contributed by atoms with van der Waals surface area (Å²) in [4.78, 5) is 0. The van der Waals surface area contributed by atoms with Gasteiger partial charge in [0, 0.05) is 6.61 Å². The van der Waals surface area contributed by atoms with Gasteiger partial charge in [0.15, 0.2) is 0 Å². The van der Waals surface area contributed by atoms with Crippen molar-refractivity contribution in [2.24, 2.45) is 29.1 Å². The first-order valence-electron chi connectivity index (χ1n) is 11.7. The van der Waals surface area contributed by atoms with Gasteiger partial charge in [-0.05, 0) is 94.8 Å². The summed E-state index contributed by atoms with van der Waals surface area (Å²) in [6.07, 6.45) is 13.0. The second-order valence-corrected chi connectivity index (χ2v) is 11.5. The summed E-state index contributed by atoms with van der Waals surface area (Å²) in [5, 5.41) is 20.5. The van der Waals surface area contributed by atoms with Crippen LogP contribution in [-0.4, -0.2) is 34.6 Å². The fraction of sp³-hybridized carbons (Fsp3) is 0.920. The lowest BCUT2D eigenvalue weighted by Crippen LogP contribution is -2.46. The second kappa shape index (κ2) is 8.40. The number of fused-ring (bicyclic) bond motifs is 3. The minimum Gasteiger partial charge on any atom is -0.390 e. The van der Waals surface area contributed by atoms with Crippen molar-refractivity contribution in [2.75, 3.05) is 13.2 Å². The summed E-state index contributed by atoms with van der Waals surface area (Å²) in [5.41, 5.74) is 0.586. The second-order valence-electron chi connectivity index (χ2n) is 11.5. The minimum absolute atomic E-state index is 0.288. The van der Waals surface area contributed by atoms with Gasteiger partial charge in [0.05, 0.1) is 17.8 Å². The van der Waals surface area contributed by atoms with Crippen molar-refractivity contribution in [3.05, 3.63) is 11.6 Å². The number of aliphatic hydroxyl groups is 2. The molecular formula is C25H44O3. The number of ether oxygens (including phenoxy) is 1. The normalized spacial score (nSPS) is 42.5. The van der Waals surface area contributed by atoms with E-state index in [1.54, 1.807) is 5.57 Å². The SMILES string of the molecule is CC1CCC(COCC(C)(C)O)CCCC2C1CC=C1CC(C)(O)CCC12C. The first-order chi connectivity index (χ1) is 13.0. The van der Waals surface area contributed by atoms with Gasteiger partial charge < -0.3 is 14.9 Å². The first kappa shape index (κ1) is 22.3. The van der Waals surface area contributed by atoms with Gasteiger partial charge in [-0.2, -0.15) is 0 Å². The van der Waals surface area contributed by atoms with E-state index in [0.29, 0.717) is 12.5 Å². The molecule has 0 aliphatic heterocycles. The van der Waals surface area contributed by atoms with Crippen molar-refractivity contribution in [1.29, 1.82) is 0 Å². The maximum atomic E-state index is 10.6. The average Bonchev–Trinajstić information content (AvgIpc) is 2.65. The first-order valence-corrected chi connectivity index (χ1v) is 11.7. The number of hydrogen-bond acceptors (Lipinski definition) is 3. The van der Waals surface area contributed by atoms with E-state index in [1.807, 2.05) is 20.8 Å². The van der Waals surface area contributed by atoms with Gasteiger partial charge in [0.25, 0.3) is 0 Å². The Morgan fingerprint density at radius 3 is 2.61 bits per heavy atom. The van der Waals surface area contributed by atoms with Crippen molar-refractivity contribution >= 4 is 0 Å². The van der Waals surface area contributed by atoms with Gasteiger partial charge in [-0.15, -0.1) is 0 Å². The van der Waals surface area contributed by atoms with Crippen molar-refractivity contribution in [1.82, 2.24) is 0 Å². The molecule has 3 aliphatic carbocycles. The van der Waals surface area contributed by atoms with Crippen LogP contribution in [0.3, 0.4) is 0 Å². The summed E-state index contributed by atoms with van der Waals surface area (Å²) in [7, 11) is 0. The zero-order chi connectivity index (χ0) is 20.6. The molecule has 2 fully saturated rings. The van der Waals surface area contributed by atoms with E-state index in [9.17, 15) is 10.2 Å². The minimum atomic E-state index is -0.737. The molecule has 0 amide bonds. The topological polar surface area (TPSA) is 49.7 Å². The summed E-state index contributed by atoms with van der Waals surface area (Å²) in [6.45, 7) is 11.8. The lowest BCUT2D eigenvalue weighted by atomic mass is 9.52. The molecule has 0 radical (unpaired) electrons. The maximum Gasteiger partial charge on any atom is 0.0824 e. The van der Waals surface area contributed by atoms with Gasteiger partial charge in [0.2, 0.25) is 0 Å². The van der Waals surface area contributed by atoms with Crippen molar-refractivity contribution in [3.63, 3.8) is 0 Å². The summed E-state index contributed by atoms with van der Waals surface area (Å²) < 4.78 is 5.87. The molecule has 3 nitrogen and oxygen atoms in total. The lowest BCUT2D eigenvalue weighted by molar-refractivity contribution is -0.0323. The van der Waals surface area contributed by atoms with Crippen LogP contribution in [0.25, 0.3) is 0 Å². The highest BCUT2D eigenvalue weighted by Crippen LogP contribution is 2.58. The van der Waals surface area contributed by atoms with Crippen LogP contribution < -0.4 is 0 Å². The molecule has 6 unspecified atom stereocenters. The van der Waals surface area contributed by atoms with Crippen LogP contribution >= 0.6 is 0 Å². The van der Waals surface area contributed by atoms with E-state index in [0.717, 1.165) is 43.6 Å². The lowest BCUT2D eigenvalue weighted by Gasteiger charge is -2.53. The Morgan fingerprint density at radius 1 is 1.14 bits per heavy atom. The predicted octanol–water partition coefficient (Wildman–Crippen LogP) is 5.49. The molecule has 0 aromatic rings. The van der Waals surface area contributed by atoms with Crippen molar-refractivity contribution < 1.29 is 14.9 Å². The fourth-order valence-electron chi connectivity index (χ4n) is 6.32. The molecule has 0 saturated heterocycles. The molecule has 0 heterocycles. The molecule has 3 rings (SSSR count). The van der Waals surface area contributed by atoms with E-state index in [1.165, 1.54) is 38.5 Å². The highest BCUT2D eigenvalue weighted by molar-refractivity contribution is 5.25. The standard InChI is InChI=1S/C25H44O3/c1-18-9-10-19(16-28-17-23(2,3)26)7-6-8-22-21(18)12-11-20-15-24(4,27)13-14-25(20,22)5/h11,18-19,21-22,26-27H,6-10,12-17H2,1-5H3. The quantitative estimate of drug-likeness (QED) is 0.622. The Morgan fingerprint density at radius 2 is 1.89 bits per heavy atom. The van der Waals surface area contributed by atoms with Crippen LogP contribution in [-0.2, 0) is 4.74 Å². The molecule has 3 aliphatic rings. The van der Waals surface area contributed by atoms with Gasteiger partial charge in [-0.1, -0.05) is 38.3 Å². The highest BCUT2D eigenvalue weighted by atomic mass is 16.5. The van der Waals surface area contributed by atoms with Gasteiger partial charge in [0.1, 0.15) is 0 Å². The molecule has 6 atom stereocenters. The van der Waals surface area contributed by atoms with Crippen LogP contribution in [0.5, 0.6) is 0 Å². The Balaban J connectivity index is 1.67. The average molecular weight is 393 g/mol. The molecular weight excluding hydrogens is 348 g/mol. The molecule has 0 bridgehead atoms. The molecule has 2 N–H and O–H groups in total. The number of hydrogen-bond donors (Lipinski definition) is 2. The van der Waals surface area contributed by atoms with Crippen LogP contribution in [0.15, 0.2) is 11.6 Å². The van der Waals surface area contributed by atoms with Crippen LogP contribution in [0.2, 0.25) is 0 Å². The van der Waals surface area contributed by atoms with E-state index in [2.05, 4.69) is 19.9 Å². The molecule has 162 valence electrons. The largest absolute Gasteiger partial charge is 0.390 e. The molecule has 3 heteroatoms. The van der Waals surface area contributed by atoms with Gasteiger partial charge >= 0.3 is 0 Å². The number of allylic oxidation sites excluding steroid dienone is 1. The van der Waals surface area contributed by atoms with E-state index in [-0.39, 0.29) is 5.41 Å². The fourth-order valence-corrected chi connectivity index (χ4v) is 6.32. The maximum absolute atomic E-state index is 10.6. The van der Waals surface area contributed by atoms with Gasteiger partial charge in [-0.25, -0.2) is 0 Å². The molecule has 0 aromatic heterocycles. The van der Waals surface area contributed by atoms with Gasteiger partial charge in [-0.3, -0.25) is 0 Å². The molecule has 2 saturated carbocycles.